The summed E-state index contributed by atoms with van der Waals surface area (Å²) in [5.74, 6) is 0.180. The fourth-order valence-electron chi connectivity index (χ4n) is 2.83. The topological polar surface area (TPSA) is 43.9 Å². The molecule has 2 fully saturated rings. The Balaban J connectivity index is 1.73. The highest BCUT2D eigenvalue weighted by molar-refractivity contribution is 5.85. The van der Waals surface area contributed by atoms with E-state index in [2.05, 4.69) is 11.8 Å². The molecule has 108 valence electrons. The van der Waals surface area contributed by atoms with Crippen LogP contribution in [-0.4, -0.2) is 72.3 Å². The number of carbonyl (C=O) groups is 2. The number of likely N-dealkylation sites (N-methyl/N-ethyl adjacent to an activating group) is 1. The number of rotatable bonds is 4. The molecule has 0 aliphatic carbocycles. The van der Waals surface area contributed by atoms with Gasteiger partial charge in [0.1, 0.15) is 0 Å². The van der Waals surface area contributed by atoms with Crippen LogP contribution in [0.3, 0.4) is 0 Å². The maximum atomic E-state index is 12.1. The van der Waals surface area contributed by atoms with Gasteiger partial charge in [0.05, 0.1) is 6.54 Å². The second-order valence-electron chi connectivity index (χ2n) is 5.76. The van der Waals surface area contributed by atoms with E-state index >= 15 is 0 Å². The minimum Gasteiger partial charge on any atom is -0.342 e. The Bertz CT molecular complexity index is 340. The maximum Gasteiger partial charge on any atom is 0.241 e. The molecule has 0 spiro atoms. The Kier molecular flexibility index (Phi) is 4.80. The summed E-state index contributed by atoms with van der Waals surface area (Å²) in [6, 6.07) is 0.481. The number of hydrogen-bond donors (Lipinski definition) is 0. The first kappa shape index (κ1) is 14.3. The monoisotopic (exact) mass is 267 g/mol. The van der Waals surface area contributed by atoms with Gasteiger partial charge in [-0.25, -0.2) is 0 Å². The largest absolute Gasteiger partial charge is 0.342 e. The number of nitrogens with zero attached hydrogens (tertiary/aromatic N) is 3. The summed E-state index contributed by atoms with van der Waals surface area (Å²) in [6.45, 7) is 6.14. The van der Waals surface area contributed by atoms with E-state index in [4.69, 9.17) is 0 Å². The Morgan fingerprint density at radius 2 is 1.89 bits per heavy atom. The molecular formula is C14H25N3O2. The molecule has 1 atom stereocenters. The molecule has 2 aliphatic heterocycles. The molecule has 5 heteroatoms. The van der Waals surface area contributed by atoms with E-state index in [0.29, 0.717) is 25.6 Å². The SMILES string of the molecule is C[C@H](CCC(=O)N1CCN(C)C(=O)C1)N1CCCC1. The van der Waals surface area contributed by atoms with E-state index in [9.17, 15) is 9.59 Å². The molecule has 2 rings (SSSR count). The van der Waals surface area contributed by atoms with Crippen LogP contribution >= 0.6 is 0 Å². The number of piperazine rings is 1. The second kappa shape index (κ2) is 6.37. The van der Waals surface area contributed by atoms with E-state index in [1.807, 2.05) is 0 Å². The minimum atomic E-state index is 0.0483. The summed E-state index contributed by atoms with van der Waals surface area (Å²) in [4.78, 5) is 29.5. The van der Waals surface area contributed by atoms with Crippen molar-refractivity contribution in [1.29, 1.82) is 0 Å². The van der Waals surface area contributed by atoms with Crippen molar-refractivity contribution in [3.8, 4) is 0 Å². The molecular weight excluding hydrogens is 242 g/mol. The third kappa shape index (κ3) is 3.69. The zero-order valence-corrected chi connectivity index (χ0v) is 12.1. The number of carbonyl (C=O) groups excluding carboxylic acids is 2. The highest BCUT2D eigenvalue weighted by atomic mass is 16.2. The lowest BCUT2D eigenvalue weighted by Crippen LogP contribution is -2.50. The van der Waals surface area contributed by atoms with Crippen LogP contribution in [0.25, 0.3) is 0 Å². The van der Waals surface area contributed by atoms with E-state index in [1.165, 1.54) is 25.9 Å². The van der Waals surface area contributed by atoms with Crippen LogP contribution in [0.1, 0.15) is 32.6 Å². The number of hydrogen-bond acceptors (Lipinski definition) is 3. The van der Waals surface area contributed by atoms with E-state index < -0.39 is 0 Å². The Labute approximate surface area is 115 Å². The van der Waals surface area contributed by atoms with Crippen molar-refractivity contribution >= 4 is 11.8 Å². The summed E-state index contributed by atoms with van der Waals surface area (Å²) in [5.41, 5.74) is 0. The molecule has 0 saturated carbocycles. The quantitative estimate of drug-likeness (QED) is 0.747. The molecule has 2 amide bonds. The van der Waals surface area contributed by atoms with Crippen molar-refractivity contribution in [2.24, 2.45) is 0 Å². The first-order valence-corrected chi connectivity index (χ1v) is 7.33. The van der Waals surface area contributed by atoms with Crippen molar-refractivity contribution in [3.05, 3.63) is 0 Å². The third-order valence-electron chi connectivity index (χ3n) is 4.35. The van der Waals surface area contributed by atoms with Crippen molar-refractivity contribution in [2.45, 2.75) is 38.6 Å². The van der Waals surface area contributed by atoms with E-state index in [0.717, 1.165) is 6.42 Å². The van der Waals surface area contributed by atoms with Gasteiger partial charge in [0.25, 0.3) is 0 Å². The van der Waals surface area contributed by atoms with Crippen LogP contribution in [0.2, 0.25) is 0 Å². The van der Waals surface area contributed by atoms with Gasteiger partial charge >= 0.3 is 0 Å². The van der Waals surface area contributed by atoms with Gasteiger partial charge in [0.2, 0.25) is 11.8 Å². The zero-order chi connectivity index (χ0) is 13.8. The second-order valence-corrected chi connectivity index (χ2v) is 5.76. The van der Waals surface area contributed by atoms with Gasteiger partial charge < -0.3 is 14.7 Å². The molecule has 0 aromatic heterocycles. The normalized spacial score (nSPS) is 22.9. The maximum absolute atomic E-state index is 12.1. The summed E-state index contributed by atoms with van der Waals surface area (Å²) >= 11 is 0. The lowest BCUT2D eigenvalue weighted by atomic mass is 10.1. The van der Waals surface area contributed by atoms with Gasteiger partial charge in [-0.2, -0.15) is 0 Å². The van der Waals surface area contributed by atoms with Gasteiger partial charge in [0, 0.05) is 32.6 Å². The summed E-state index contributed by atoms with van der Waals surface area (Å²) in [6.07, 6.45) is 4.03. The Morgan fingerprint density at radius 1 is 1.21 bits per heavy atom. The first-order chi connectivity index (χ1) is 9.08. The fraction of sp³-hybridized carbons (Fsp3) is 0.857. The highest BCUT2D eigenvalue weighted by Crippen LogP contribution is 2.15. The molecule has 2 aliphatic rings. The average molecular weight is 267 g/mol. The van der Waals surface area contributed by atoms with Gasteiger partial charge in [-0.15, -0.1) is 0 Å². The predicted molar refractivity (Wildman–Crippen MR) is 73.7 cm³/mol. The number of likely N-dealkylation sites (tertiary alicyclic amines) is 1. The summed E-state index contributed by atoms with van der Waals surface area (Å²) in [5, 5.41) is 0. The lowest BCUT2D eigenvalue weighted by Gasteiger charge is -2.32. The van der Waals surface area contributed by atoms with Crippen LogP contribution in [0.5, 0.6) is 0 Å². The molecule has 0 N–H and O–H groups in total. The van der Waals surface area contributed by atoms with E-state index in [-0.39, 0.29) is 18.4 Å². The number of amides is 2. The highest BCUT2D eigenvalue weighted by Gasteiger charge is 2.25. The molecule has 19 heavy (non-hydrogen) atoms. The van der Waals surface area contributed by atoms with Crippen LogP contribution in [0, 0.1) is 0 Å². The average Bonchev–Trinajstić information content (AvgIpc) is 2.92. The predicted octanol–water partition coefficient (Wildman–Crippen LogP) is 0.552. The molecule has 2 heterocycles. The zero-order valence-electron chi connectivity index (χ0n) is 12.1. The van der Waals surface area contributed by atoms with Crippen LogP contribution in [0.4, 0.5) is 0 Å². The van der Waals surface area contributed by atoms with Crippen molar-refractivity contribution < 1.29 is 9.59 Å². The van der Waals surface area contributed by atoms with Crippen molar-refractivity contribution in [2.75, 3.05) is 39.8 Å². The minimum absolute atomic E-state index is 0.0483. The first-order valence-electron chi connectivity index (χ1n) is 7.33. The Morgan fingerprint density at radius 3 is 2.53 bits per heavy atom. The van der Waals surface area contributed by atoms with Gasteiger partial charge in [-0.1, -0.05) is 0 Å². The van der Waals surface area contributed by atoms with Crippen LogP contribution in [-0.2, 0) is 9.59 Å². The van der Waals surface area contributed by atoms with Crippen LogP contribution in [0.15, 0.2) is 0 Å². The fourth-order valence-corrected chi connectivity index (χ4v) is 2.83. The standard InChI is InChI=1S/C14H25N3O2/c1-12(16-7-3-4-8-16)5-6-13(18)17-10-9-15(2)14(19)11-17/h12H,3-11H2,1-2H3/t12-/m1/s1. The summed E-state index contributed by atoms with van der Waals surface area (Å²) < 4.78 is 0. The van der Waals surface area contributed by atoms with Gasteiger partial charge in [-0.3, -0.25) is 9.59 Å². The van der Waals surface area contributed by atoms with Gasteiger partial charge in [-0.05, 0) is 39.3 Å². The van der Waals surface area contributed by atoms with E-state index in [1.54, 1.807) is 16.8 Å². The molecule has 0 aromatic carbocycles. The smallest absolute Gasteiger partial charge is 0.241 e. The molecule has 2 saturated heterocycles. The third-order valence-corrected chi connectivity index (χ3v) is 4.35. The van der Waals surface area contributed by atoms with Gasteiger partial charge in [0.15, 0.2) is 0 Å². The molecule has 0 bridgehead atoms. The van der Waals surface area contributed by atoms with Crippen LogP contribution < -0.4 is 0 Å². The Hall–Kier alpha value is -1.10. The lowest BCUT2D eigenvalue weighted by molar-refractivity contribution is -0.144. The van der Waals surface area contributed by atoms with Crippen molar-refractivity contribution in [3.63, 3.8) is 0 Å². The van der Waals surface area contributed by atoms with Crippen molar-refractivity contribution in [1.82, 2.24) is 14.7 Å². The summed E-state index contributed by atoms with van der Waals surface area (Å²) in [7, 11) is 1.79. The molecule has 5 nitrogen and oxygen atoms in total. The molecule has 0 aromatic rings. The molecule has 0 radical (unpaired) electrons. The molecule has 0 unspecified atom stereocenters.